The molecule has 2 heterocycles. The summed E-state index contributed by atoms with van der Waals surface area (Å²) in [5.41, 5.74) is 3.53. The van der Waals surface area contributed by atoms with Crippen LogP contribution in [-0.2, 0) is 22.6 Å². The number of ether oxygens (including phenoxy) is 1. The SMILES string of the molecule is CCOC[C@H]1CN(C(=O)C2=CCCC2)Cc2cnn(CC3CCCC3)c21. The summed E-state index contributed by atoms with van der Waals surface area (Å²) in [6.07, 6.45) is 12.6. The Labute approximate surface area is 156 Å². The minimum Gasteiger partial charge on any atom is -0.381 e. The number of nitrogens with zero attached hydrogens (tertiary/aromatic N) is 3. The second-order valence-electron chi connectivity index (χ2n) is 8.05. The van der Waals surface area contributed by atoms with E-state index in [1.54, 1.807) is 0 Å². The molecule has 1 aromatic heterocycles. The largest absolute Gasteiger partial charge is 0.381 e. The topological polar surface area (TPSA) is 47.4 Å². The Morgan fingerprint density at radius 3 is 2.88 bits per heavy atom. The first-order chi connectivity index (χ1) is 12.8. The number of aromatic nitrogens is 2. The van der Waals surface area contributed by atoms with Crippen molar-refractivity contribution >= 4 is 5.91 Å². The van der Waals surface area contributed by atoms with Crippen molar-refractivity contribution in [3.63, 3.8) is 0 Å². The summed E-state index contributed by atoms with van der Waals surface area (Å²) < 4.78 is 8.01. The maximum Gasteiger partial charge on any atom is 0.249 e. The molecule has 1 aromatic rings. The molecule has 5 nitrogen and oxygen atoms in total. The lowest BCUT2D eigenvalue weighted by molar-refractivity contribution is -0.128. The standard InChI is InChI=1S/C21H31N3O2/c1-2-26-15-19-14-23(21(25)17-9-5-6-10-17)13-18-11-22-24(20(18)19)12-16-7-3-4-8-16/h9,11,16,19H,2-8,10,12-15H2,1H3/t19-/m1/s1. The fourth-order valence-corrected chi connectivity index (χ4v) is 4.85. The van der Waals surface area contributed by atoms with Crippen LogP contribution in [0.2, 0.25) is 0 Å². The van der Waals surface area contributed by atoms with Crippen LogP contribution in [0.25, 0.3) is 0 Å². The van der Waals surface area contributed by atoms with Crippen LogP contribution in [0.3, 0.4) is 0 Å². The maximum atomic E-state index is 12.9. The van der Waals surface area contributed by atoms with Crippen molar-refractivity contribution in [1.29, 1.82) is 0 Å². The van der Waals surface area contributed by atoms with Gasteiger partial charge in [-0.3, -0.25) is 9.48 Å². The average Bonchev–Trinajstić information content (AvgIpc) is 3.41. The molecule has 3 aliphatic rings. The number of fused-ring (bicyclic) bond motifs is 1. The molecule has 26 heavy (non-hydrogen) atoms. The second-order valence-corrected chi connectivity index (χ2v) is 8.05. The molecule has 2 aliphatic carbocycles. The van der Waals surface area contributed by atoms with Gasteiger partial charge in [0.1, 0.15) is 0 Å². The Hall–Kier alpha value is -1.62. The molecular formula is C21H31N3O2. The van der Waals surface area contributed by atoms with E-state index in [1.807, 2.05) is 18.0 Å². The minimum absolute atomic E-state index is 0.221. The maximum absolute atomic E-state index is 12.9. The van der Waals surface area contributed by atoms with E-state index in [0.717, 1.165) is 43.8 Å². The van der Waals surface area contributed by atoms with Gasteiger partial charge in [0.05, 0.1) is 18.5 Å². The summed E-state index contributed by atoms with van der Waals surface area (Å²) in [6, 6.07) is 0. The minimum atomic E-state index is 0.221. The van der Waals surface area contributed by atoms with E-state index in [9.17, 15) is 4.79 Å². The zero-order chi connectivity index (χ0) is 17.9. The number of allylic oxidation sites excluding steroid dienone is 1. The molecule has 1 fully saturated rings. The molecule has 0 aromatic carbocycles. The Balaban J connectivity index is 1.55. The monoisotopic (exact) mass is 357 g/mol. The summed E-state index contributed by atoms with van der Waals surface area (Å²) in [5.74, 6) is 1.21. The fraction of sp³-hybridized carbons (Fsp3) is 0.714. The molecule has 1 atom stereocenters. The van der Waals surface area contributed by atoms with Crippen LogP contribution in [-0.4, -0.2) is 40.3 Å². The predicted octanol–water partition coefficient (Wildman–Crippen LogP) is 3.65. The van der Waals surface area contributed by atoms with E-state index in [2.05, 4.69) is 10.8 Å². The molecule has 0 bridgehead atoms. The van der Waals surface area contributed by atoms with Gasteiger partial charge in [0.2, 0.25) is 5.91 Å². The lowest BCUT2D eigenvalue weighted by atomic mass is 9.95. The van der Waals surface area contributed by atoms with Crippen LogP contribution >= 0.6 is 0 Å². The third kappa shape index (κ3) is 3.59. The van der Waals surface area contributed by atoms with Gasteiger partial charge in [0.25, 0.3) is 0 Å². The van der Waals surface area contributed by atoms with Gasteiger partial charge in [-0.2, -0.15) is 5.10 Å². The van der Waals surface area contributed by atoms with Crippen molar-refractivity contribution < 1.29 is 9.53 Å². The number of hydrogen-bond acceptors (Lipinski definition) is 3. The van der Waals surface area contributed by atoms with Crippen LogP contribution in [0.5, 0.6) is 0 Å². The predicted molar refractivity (Wildman–Crippen MR) is 101 cm³/mol. The smallest absolute Gasteiger partial charge is 0.249 e. The summed E-state index contributed by atoms with van der Waals surface area (Å²) in [6.45, 7) is 5.88. The van der Waals surface area contributed by atoms with Gasteiger partial charge < -0.3 is 9.64 Å². The van der Waals surface area contributed by atoms with E-state index < -0.39 is 0 Å². The molecule has 142 valence electrons. The fourth-order valence-electron chi connectivity index (χ4n) is 4.85. The third-order valence-electron chi connectivity index (χ3n) is 6.18. The van der Waals surface area contributed by atoms with Crippen LogP contribution < -0.4 is 0 Å². The summed E-state index contributed by atoms with van der Waals surface area (Å²) >= 11 is 0. The van der Waals surface area contributed by atoms with Crippen LogP contribution in [0.1, 0.15) is 69.0 Å². The Morgan fingerprint density at radius 1 is 1.31 bits per heavy atom. The summed E-state index contributed by atoms with van der Waals surface area (Å²) in [4.78, 5) is 14.9. The van der Waals surface area contributed by atoms with Crippen LogP contribution in [0.15, 0.2) is 17.8 Å². The molecule has 0 saturated heterocycles. The van der Waals surface area contributed by atoms with E-state index in [0.29, 0.717) is 19.8 Å². The van der Waals surface area contributed by atoms with Gasteiger partial charge in [-0.25, -0.2) is 0 Å². The van der Waals surface area contributed by atoms with E-state index >= 15 is 0 Å². The van der Waals surface area contributed by atoms with Crippen molar-refractivity contribution in [1.82, 2.24) is 14.7 Å². The van der Waals surface area contributed by atoms with Gasteiger partial charge in [-0.1, -0.05) is 18.9 Å². The molecule has 1 saturated carbocycles. The molecule has 4 rings (SSSR count). The van der Waals surface area contributed by atoms with E-state index in [4.69, 9.17) is 9.84 Å². The second kappa shape index (κ2) is 7.95. The normalized spacial score (nSPS) is 23.3. The van der Waals surface area contributed by atoms with Gasteiger partial charge in [0.15, 0.2) is 0 Å². The number of carbonyl (C=O) groups excluding carboxylic acids is 1. The zero-order valence-corrected chi connectivity index (χ0v) is 16.0. The Kier molecular flexibility index (Phi) is 5.44. The first-order valence-corrected chi connectivity index (χ1v) is 10.4. The molecule has 1 amide bonds. The van der Waals surface area contributed by atoms with Gasteiger partial charge >= 0.3 is 0 Å². The highest BCUT2D eigenvalue weighted by Gasteiger charge is 2.33. The first kappa shape index (κ1) is 17.8. The molecule has 1 aliphatic heterocycles. The third-order valence-corrected chi connectivity index (χ3v) is 6.18. The quantitative estimate of drug-likeness (QED) is 0.781. The number of carbonyl (C=O) groups is 1. The van der Waals surface area contributed by atoms with Crippen molar-refractivity contribution in [2.45, 2.75) is 70.9 Å². The zero-order valence-electron chi connectivity index (χ0n) is 16.0. The lowest BCUT2D eigenvalue weighted by Crippen LogP contribution is -2.40. The number of hydrogen-bond donors (Lipinski definition) is 0. The molecule has 0 N–H and O–H groups in total. The van der Waals surface area contributed by atoms with Gasteiger partial charge in [0, 0.05) is 43.3 Å². The molecule has 0 unspecified atom stereocenters. The van der Waals surface area contributed by atoms with Crippen molar-refractivity contribution in [2.24, 2.45) is 5.92 Å². The Morgan fingerprint density at radius 2 is 2.15 bits per heavy atom. The Bertz CT molecular complexity index is 673. The van der Waals surface area contributed by atoms with E-state index in [1.165, 1.54) is 36.9 Å². The highest BCUT2D eigenvalue weighted by atomic mass is 16.5. The summed E-state index contributed by atoms with van der Waals surface area (Å²) in [7, 11) is 0. The summed E-state index contributed by atoms with van der Waals surface area (Å²) in [5, 5.41) is 4.72. The van der Waals surface area contributed by atoms with Gasteiger partial charge in [-0.05, 0) is 44.9 Å². The van der Waals surface area contributed by atoms with Crippen molar-refractivity contribution in [3.8, 4) is 0 Å². The first-order valence-electron chi connectivity index (χ1n) is 10.4. The molecule has 5 heteroatoms. The lowest BCUT2D eigenvalue weighted by Gasteiger charge is -2.34. The number of amides is 1. The van der Waals surface area contributed by atoms with Crippen molar-refractivity contribution in [3.05, 3.63) is 29.1 Å². The van der Waals surface area contributed by atoms with E-state index in [-0.39, 0.29) is 11.8 Å². The van der Waals surface area contributed by atoms with Crippen LogP contribution in [0, 0.1) is 5.92 Å². The van der Waals surface area contributed by atoms with Crippen LogP contribution in [0.4, 0.5) is 0 Å². The van der Waals surface area contributed by atoms with Crippen molar-refractivity contribution in [2.75, 3.05) is 19.8 Å². The molecule has 0 radical (unpaired) electrons. The average molecular weight is 357 g/mol. The molecule has 0 spiro atoms. The highest BCUT2D eigenvalue weighted by molar-refractivity contribution is 5.94. The van der Waals surface area contributed by atoms with Gasteiger partial charge in [-0.15, -0.1) is 0 Å². The molecular weight excluding hydrogens is 326 g/mol. The number of rotatable bonds is 6. The highest BCUT2D eigenvalue weighted by Crippen LogP contribution is 2.33.